The largest absolute Gasteiger partial charge is 0.381 e. The summed E-state index contributed by atoms with van der Waals surface area (Å²) in [4.78, 5) is 0. The summed E-state index contributed by atoms with van der Waals surface area (Å²) in [5, 5.41) is 9.83. The maximum atomic E-state index is 9.83. The minimum absolute atomic E-state index is 0.848. The molecule has 0 radical (unpaired) electrons. The second-order valence-corrected chi connectivity index (χ2v) is 2.86. The number of benzene rings is 1. The van der Waals surface area contributed by atoms with E-state index in [0.29, 0.717) is 0 Å². The topological polar surface area (TPSA) is 20.2 Å². The van der Waals surface area contributed by atoms with Gasteiger partial charge in [0.2, 0.25) is 0 Å². The summed E-state index contributed by atoms with van der Waals surface area (Å²) in [6, 6.07) is 9.43. The summed E-state index contributed by atoms with van der Waals surface area (Å²) in [5.74, 6) is 0. The zero-order valence-electron chi connectivity index (χ0n) is 7.12. The first-order valence-corrected chi connectivity index (χ1v) is 3.82. The smallest absolute Gasteiger partial charge is 0.112 e. The summed E-state index contributed by atoms with van der Waals surface area (Å²) >= 11 is 0. The molecular formula is C11H12O. The summed E-state index contributed by atoms with van der Waals surface area (Å²) in [6.45, 7) is 5.14. The van der Waals surface area contributed by atoms with Gasteiger partial charge in [-0.2, -0.15) is 0 Å². The molecule has 0 aliphatic heterocycles. The minimum atomic E-state index is -0.955. The molecule has 0 unspecified atom stereocenters. The van der Waals surface area contributed by atoms with Gasteiger partial charge in [0.25, 0.3) is 0 Å². The average Bonchev–Trinajstić information content (AvgIpc) is 2.06. The highest BCUT2D eigenvalue weighted by Gasteiger charge is 2.17. The molecule has 1 rings (SSSR count). The molecule has 0 aromatic heterocycles. The Morgan fingerprint density at radius 1 is 1.42 bits per heavy atom. The summed E-state index contributed by atoms with van der Waals surface area (Å²) < 4.78 is 0. The number of rotatable bonds is 2. The zero-order chi connectivity index (χ0) is 9.03. The van der Waals surface area contributed by atoms with E-state index < -0.39 is 5.60 Å². The van der Waals surface area contributed by atoms with Crippen LogP contribution in [0.5, 0.6) is 0 Å². The Morgan fingerprint density at radius 2 is 2.00 bits per heavy atom. The summed E-state index contributed by atoms with van der Waals surface area (Å²) in [5.41, 5.74) is 2.47. The lowest BCUT2D eigenvalue weighted by Gasteiger charge is -2.17. The quantitative estimate of drug-likeness (QED) is 0.658. The van der Waals surface area contributed by atoms with Crippen LogP contribution in [0.15, 0.2) is 48.7 Å². The van der Waals surface area contributed by atoms with Crippen LogP contribution in [-0.4, -0.2) is 5.11 Å². The normalized spacial score (nSPS) is 14.5. The Hall–Kier alpha value is -1.30. The molecule has 0 amide bonds. The van der Waals surface area contributed by atoms with Crippen molar-refractivity contribution in [3.8, 4) is 0 Å². The van der Waals surface area contributed by atoms with E-state index in [4.69, 9.17) is 0 Å². The molecule has 0 spiro atoms. The third-order valence-electron chi connectivity index (χ3n) is 1.74. The van der Waals surface area contributed by atoms with Gasteiger partial charge in [-0.1, -0.05) is 36.9 Å². The third kappa shape index (κ3) is 1.85. The average molecular weight is 160 g/mol. The fraction of sp³-hybridized carbons (Fsp3) is 0.182. The summed E-state index contributed by atoms with van der Waals surface area (Å²) in [7, 11) is 0. The van der Waals surface area contributed by atoms with Crippen molar-refractivity contribution in [2.45, 2.75) is 12.5 Å². The molecule has 0 fully saturated rings. The van der Waals surface area contributed by atoms with E-state index in [1.54, 1.807) is 13.0 Å². The van der Waals surface area contributed by atoms with Crippen molar-refractivity contribution in [2.75, 3.05) is 0 Å². The number of aliphatic hydroxyl groups is 1. The Bertz CT molecular complexity index is 292. The van der Waals surface area contributed by atoms with Crippen LogP contribution in [0.1, 0.15) is 12.5 Å². The standard InChI is InChI=1S/C11H12O/c1-3-9-11(2,12)10-7-5-4-6-8-10/h4-9,12H,1H2,2H3/t11-/m0/s1. The molecule has 1 nitrogen and oxygen atoms in total. The lowest BCUT2D eigenvalue weighted by Crippen LogP contribution is -2.16. The highest BCUT2D eigenvalue weighted by atomic mass is 16.3. The Morgan fingerprint density at radius 3 is 2.50 bits per heavy atom. The molecule has 1 heteroatoms. The van der Waals surface area contributed by atoms with Gasteiger partial charge in [-0.3, -0.25) is 0 Å². The van der Waals surface area contributed by atoms with Crippen molar-refractivity contribution in [3.63, 3.8) is 0 Å². The Labute approximate surface area is 72.7 Å². The summed E-state index contributed by atoms with van der Waals surface area (Å²) in [6.07, 6.45) is 1.54. The van der Waals surface area contributed by atoms with Crippen LogP contribution in [0.2, 0.25) is 0 Å². The predicted molar refractivity (Wildman–Crippen MR) is 49.7 cm³/mol. The minimum Gasteiger partial charge on any atom is -0.381 e. The van der Waals surface area contributed by atoms with Crippen LogP contribution in [-0.2, 0) is 5.60 Å². The molecular weight excluding hydrogens is 148 g/mol. The molecule has 1 aromatic rings. The van der Waals surface area contributed by atoms with Gasteiger partial charge < -0.3 is 5.11 Å². The van der Waals surface area contributed by atoms with E-state index in [2.05, 4.69) is 12.3 Å². The van der Waals surface area contributed by atoms with Crippen LogP contribution < -0.4 is 0 Å². The van der Waals surface area contributed by atoms with Crippen molar-refractivity contribution in [1.82, 2.24) is 0 Å². The lowest BCUT2D eigenvalue weighted by molar-refractivity contribution is 0.111. The fourth-order valence-electron chi connectivity index (χ4n) is 1.06. The molecule has 1 N–H and O–H groups in total. The SMILES string of the molecule is C=C=C[C@](C)(O)c1ccccc1. The molecule has 12 heavy (non-hydrogen) atoms. The van der Waals surface area contributed by atoms with Gasteiger partial charge in [0.1, 0.15) is 5.60 Å². The molecule has 1 atom stereocenters. The second kappa shape index (κ2) is 3.40. The first-order chi connectivity index (χ1) is 5.67. The van der Waals surface area contributed by atoms with Crippen molar-refractivity contribution in [3.05, 3.63) is 54.3 Å². The zero-order valence-corrected chi connectivity index (χ0v) is 7.12. The highest BCUT2D eigenvalue weighted by molar-refractivity contribution is 5.25. The molecule has 0 bridgehead atoms. The Balaban J connectivity index is 3.05. The van der Waals surface area contributed by atoms with Crippen molar-refractivity contribution in [1.29, 1.82) is 0 Å². The second-order valence-electron chi connectivity index (χ2n) is 2.86. The molecule has 62 valence electrons. The third-order valence-corrected chi connectivity index (χ3v) is 1.74. The molecule has 0 saturated heterocycles. The number of hydrogen-bond acceptors (Lipinski definition) is 1. The fourth-order valence-corrected chi connectivity index (χ4v) is 1.06. The lowest BCUT2D eigenvalue weighted by atomic mass is 9.96. The molecule has 1 aromatic carbocycles. The molecule has 0 heterocycles. The monoisotopic (exact) mass is 160 g/mol. The van der Waals surface area contributed by atoms with Crippen molar-refractivity contribution in [2.24, 2.45) is 0 Å². The van der Waals surface area contributed by atoms with Crippen molar-refractivity contribution >= 4 is 0 Å². The van der Waals surface area contributed by atoms with Crippen LogP contribution in [0.25, 0.3) is 0 Å². The van der Waals surface area contributed by atoms with Gasteiger partial charge in [0.05, 0.1) is 0 Å². The van der Waals surface area contributed by atoms with Gasteiger partial charge in [-0.05, 0) is 18.6 Å². The number of hydrogen-bond donors (Lipinski definition) is 1. The van der Waals surface area contributed by atoms with Crippen molar-refractivity contribution < 1.29 is 5.11 Å². The van der Waals surface area contributed by atoms with E-state index in [1.807, 2.05) is 30.3 Å². The van der Waals surface area contributed by atoms with Crippen LogP contribution >= 0.6 is 0 Å². The van der Waals surface area contributed by atoms with E-state index in [1.165, 1.54) is 0 Å². The van der Waals surface area contributed by atoms with Crippen LogP contribution in [0, 0.1) is 0 Å². The molecule has 0 aliphatic carbocycles. The maximum Gasteiger partial charge on any atom is 0.112 e. The first-order valence-electron chi connectivity index (χ1n) is 3.82. The highest BCUT2D eigenvalue weighted by Crippen LogP contribution is 2.20. The van der Waals surface area contributed by atoms with Gasteiger partial charge in [-0.15, -0.1) is 5.73 Å². The van der Waals surface area contributed by atoms with Gasteiger partial charge >= 0.3 is 0 Å². The van der Waals surface area contributed by atoms with Gasteiger partial charge in [0, 0.05) is 0 Å². The van der Waals surface area contributed by atoms with E-state index >= 15 is 0 Å². The Kier molecular flexibility index (Phi) is 2.49. The van der Waals surface area contributed by atoms with E-state index in [-0.39, 0.29) is 0 Å². The van der Waals surface area contributed by atoms with Crippen LogP contribution in [0.3, 0.4) is 0 Å². The van der Waals surface area contributed by atoms with E-state index in [9.17, 15) is 5.11 Å². The molecule has 0 saturated carbocycles. The van der Waals surface area contributed by atoms with E-state index in [0.717, 1.165) is 5.56 Å². The molecule has 0 aliphatic rings. The van der Waals surface area contributed by atoms with Crippen LogP contribution in [0.4, 0.5) is 0 Å². The van der Waals surface area contributed by atoms with Gasteiger partial charge in [-0.25, -0.2) is 0 Å². The van der Waals surface area contributed by atoms with Gasteiger partial charge in [0.15, 0.2) is 0 Å². The predicted octanol–water partition coefficient (Wildman–Crippen LogP) is 2.24. The first kappa shape index (κ1) is 8.79. The maximum absolute atomic E-state index is 9.83.